The topological polar surface area (TPSA) is 78.6 Å². The summed E-state index contributed by atoms with van der Waals surface area (Å²) in [7, 11) is 1.33. The molecule has 0 bridgehead atoms. The fraction of sp³-hybridized carbons (Fsp3) is 0.333. The van der Waals surface area contributed by atoms with Crippen molar-refractivity contribution in [1.82, 2.24) is 0 Å². The van der Waals surface area contributed by atoms with Gasteiger partial charge in [0.2, 0.25) is 0 Å². The summed E-state index contributed by atoms with van der Waals surface area (Å²) in [5.74, 6) is -0.938. The van der Waals surface area contributed by atoms with Crippen LogP contribution < -0.4 is 5.73 Å². The number of rotatable bonds is 3. The van der Waals surface area contributed by atoms with Gasteiger partial charge in [-0.05, 0) is 43.2 Å². The third kappa shape index (κ3) is 3.68. The average molecular weight is 315 g/mol. The van der Waals surface area contributed by atoms with E-state index in [0.717, 1.165) is 5.39 Å². The Kier molecular flexibility index (Phi) is 4.71. The van der Waals surface area contributed by atoms with Gasteiger partial charge < -0.3 is 15.2 Å². The van der Waals surface area contributed by atoms with E-state index in [-0.39, 0.29) is 0 Å². The number of carbonyl (C=O) groups is 2. The highest BCUT2D eigenvalue weighted by Crippen LogP contribution is 2.28. The Morgan fingerprint density at radius 2 is 1.65 bits per heavy atom. The van der Waals surface area contributed by atoms with Crippen molar-refractivity contribution in [3.05, 3.63) is 47.5 Å². The predicted octanol–water partition coefficient (Wildman–Crippen LogP) is 2.97. The lowest BCUT2D eigenvalue weighted by atomic mass is 9.95. The summed E-state index contributed by atoms with van der Waals surface area (Å²) in [6, 6.07) is 9.63. The Hall–Kier alpha value is -2.40. The van der Waals surface area contributed by atoms with Gasteiger partial charge in [-0.2, -0.15) is 0 Å². The summed E-state index contributed by atoms with van der Waals surface area (Å²) in [4.78, 5) is 24.1. The molecule has 0 aliphatic rings. The average Bonchev–Trinajstić information content (AvgIpc) is 2.50. The zero-order valence-corrected chi connectivity index (χ0v) is 13.8. The van der Waals surface area contributed by atoms with Gasteiger partial charge in [-0.25, -0.2) is 9.59 Å². The molecule has 0 radical (unpaired) electrons. The number of hydrogen-bond donors (Lipinski definition) is 1. The molecule has 5 heteroatoms. The highest BCUT2D eigenvalue weighted by molar-refractivity contribution is 6.06. The molecule has 2 aromatic rings. The second kappa shape index (κ2) is 6.38. The molecule has 0 aliphatic heterocycles. The molecule has 1 unspecified atom stereocenters. The maximum Gasteiger partial charge on any atom is 0.338 e. The lowest BCUT2D eigenvalue weighted by Crippen LogP contribution is -2.31. The minimum absolute atomic E-state index is 0.432. The van der Waals surface area contributed by atoms with E-state index in [1.54, 1.807) is 39.0 Å². The number of nitrogens with two attached hydrogens (primary N) is 1. The minimum Gasteiger partial charge on any atom is -0.465 e. The van der Waals surface area contributed by atoms with Gasteiger partial charge in [-0.3, -0.25) is 0 Å². The molecule has 23 heavy (non-hydrogen) atoms. The van der Waals surface area contributed by atoms with E-state index in [9.17, 15) is 9.59 Å². The first-order valence-electron chi connectivity index (χ1n) is 7.33. The number of fused-ring (bicyclic) bond motifs is 1. The molecule has 0 aromatic heterocycles. The number of methoxy groups -OCH3 is 1. The molecule has 0 fully saturated rings. The van der Waals surface area contributed by atoms with Crippen molar-refractivity contribution in [3.8, 4) is 0 Å². The van der Waals surface area contributed by atoms with Gasteiger partial charge in [0.15, 0.2) is 0 Å². The van der Waals surface area contributed by atoms with Crippen LogP contribution in [0.25, 0.3) is 10.8 Å². The molecule has 2 aromatic carbocycles. The Labute approximate surface area is 135 Å². The molecule has 2 N–H and O–H groups in total. The van der Waals surface area contributed by atoms with E-state index in [1.165, 1.54) is 7.11 Å². The SMILES string of the molecule is COC(=O)c1ccc(C(N)C(=O)OC(C)(C)C)c2ccccc12. The molecule has 0 heterocycles. The van der Waals surface area contributed by atoms with Gasteiger partial charge in [0.05, 0.1) is 12.7 Å². The van der Waals surface area contributed by atoms with Crippen LogP contribution in [0.15, 0.2) is 36.4 Å². The molecule has 0 saturated heterocycles. The van der Waals surface area contributed by atoms with Gasteiger partial charge in [0.1, 0.15) is 11.6 Å². The predicted molar refractivity (Wildman–Crippen MR) is 88.1 cm³/mol. The van der Waals surface area contributed by atoms with Crippen LogP contribution in [-0.2, 0) is 14.3 Å². The van der Waals surface area contributed by atoms with E-state index < -0.39 is 23.6 Å². The van der Waals surface area contributed by atoms with Crippen LogP contribution in [0.5, 0.6) is 0 Å². The first-order valence-corrected chi connectivity index (χ1v) is 7.33. The van der Waals surface area contributed by atoms with Crippen LogP contribution in [0.2, 0.25) is 0 Å². The van der Waals surface area contributed by atoms with Gasteiger partial charge in [0, 0.05) is 0 Å². The summed E-state index contributed by atoms with van der Waals surface area (Å²) in [5, 5.41) is 1.42. The van der Waals surface area contributed by atoms with Gasteiger partial charge in [0.25, 0.3) is 0 Å². The third-order valence-corrected chi connectivity index (χ3v) is 3.36. The smallest absolute Gasteiger partial charge is 0.338 e. The fourth-order valence-electron chi connectivity index (χ4n) is 2.37. The second-order valence-electron chi connectivity index (χ2n) is 6.25. The highest BCUT2D eigenvalue weighted by Gasteiger charge is 2.25. The van der Waals surface area contributed by atoms with E-state index in [0.29, 0.717) is 16.5 Å². The van der Waals surface area contributed by atoms with Crippen molar-refractivity contribution >= 4 is 22.7 Å². The van der Waals surface area contributed by atoms with Crippen LogP contribution in [0.4, 0.5) is 0 Å². The van der Waals surface area contributed by atoms with E-state index in [1.807, 2.05) is 18.2 Å². The Balaban J connectivity index is 2.51. The van der Waals surface area contributed by atoms with Crippen LogP contribution in [0, 0.1) is 0 Å². The number of hydrogen-bond acceptors (Lipinski definition) is 5. The molecule has 0 amide bonds. The molecule has 0 spiro atoms. The van der Waals surface area contributed by atoms with Crippen molar-refractivity contribution < 1.29 is 19.1 Å². The summed E-state index contributed by atoms with van der Waals surface area (Å²) in [6.45, 7) is 5.36. The Bertz CT molecular complexity index is 746. The molecule has 1 atom stereocenters. The molecule has 122 valence electrons. The summed E-state index contributed by atoms with van der Waals surface area (Å²) >= 11 is 0. The Morgan fingerprint density at radius 1 is 1.04 bits per heavy atom. The lowest BCUT2D eigenvalue weighted by Gasteiger charge is -2.23. The third-order valence-electron chi connectivity index (χ3n) is 3.36. The second-order valence-corrected chi connectivity index (χ2v) is 6.25. The van der Waals surface area contributed by atoms with E-state index >= 15 is 0 Å². The van der Waals surface area contributed by atoms with Crippen molar-refractivity contribution in [2.45, 2.75) is 32.4 Å². The quantitative estimate of drug-likeness (QED) is 0.881. The molecule has 0 saturated carbocycles. The van der Waals surface area contributed by atoms with Gasteiger partial charge in [-0.15, -0.1) is 0 Å². The minimum atomic E-state index is -0.925. The van der Waals surface area contributed by atoms with Crippen molar-refractivity contribution in [2.75, 3.05) is 7.11 Å². The Morgan fingerprint density at radius 3 is 2.22 bits per heavy atom. The zero-order chi connectivity index (χ0) is 17.2. The molecule has 5 nitrogen and oxygen atoms in total. The summed E-state index contributed by atoms with van der Waals surface area (Å²) < 4.78 is 10.1. The van der Waals surface area contributed by atoms with Gasteiger partial charge >= 0.3 is 11.9 Å². The van der Waals surface area contributed by atoms with Crippen LogP contribution in [-0.4, -0.2) is 24.6 Å². The molecule has 2 rings (SSSR count). The van der Waals surface area contributed by atoms with Crippen molar-refractivity contribution in [1.29, 1.82) is 0 Å². The van der Waals surface area contributed by atoms with E-state index in [4.69, 9.17) is 15.2 Å². The van der Waals surface area contributed by atoms with Crippen LogP contribution in [0.3, 0.4) is 0 Å². The van der Waals surface area contributed by atoms with Crippen molar-refractivity contribution in [2.24, 2.45) is 5.73 Å². The van der Waals surface area contributed by atoms with E-state index in [2.05, 4.69) is 0 Å². The zero-order valence-electron chi connectivity index (χ0n) is 13.8. The van der Waals surface area contributed by atoms with Crippen LogP contribution in [0.1, 0.15) is 42.7 Å². The molecular weight excluding hydrogens is 294 g/mol. The lowest BCUT2D eigenvalue weighted by molar-refractivity contribution is -0.156. The monoisotopic (exact) mass is 315 g/mol. The summed E-state index contributed by atoms with van der Waals surface area (Å²) in [5.41, 5.74) is 6.51. The largest absolute Gasteiger partial charge is 0.465 e. The number of ether oxygens (including phenoxy) is 2. The summed E-state index contributed by atoms with van der Waals surface area (Å²) in [6.07, 6.45) is 0. The first-order chi connectivity index (χ1) is 10.7. The van der Waals surface area contributed by atoms with Crippen molar-refractivity contribution in [3.63, 3.8) is 0 Å². The number of benzene rings is 2. The number of esters is 2. The van der Waals surface area contributed by atoms with Gasteiger partial charge in [-0.1, -0.05) is 30.3 Å². The maximum absolute atomic E-state index is 12.2. The maximum atomic E-state index is 12.2. The highest BCUT2D eigenvalue weighted by atomic mass is 16.6. The first kappa shape index (κ1) is 17.0. The molecular formula is C18H21NO4. The van der Waals surface area contributed by atoms with Crippen LogP contribution >= 0.6 is 0 Å². The molecule has 0 aliphatic carbocycles. The fourth-order valence-corrected chi connectivity index (χ4v) is 2.37. The normalized spacial score (nSPS) is 12.7. The number of carbonyl (C=O) groups excluding carboxylic acids is 2. The standard InChI is InChI=1S/C18H21NO4/c1-18(2,3)23-17(21)15(19)13-9-10-14(16(20)22-4)12-8-6-5-7-11(12)13/h5-10,15H,19H2,1-4H3.